The fourth-order valence-corrected chi connectivity index (χ4v) is 4.08. The van der Waals surface area contributed by atoms with Gasteiger partial charge in [-0.05, 0) is 69.5 Å². The van der Waals surface area contributed by atoms with E-state index >= 15 is 0 Å². The molecule has 5 nitrogen and oxygen atoms in total. The first kappa shape index (κ1) is 23.6. The zero-order chi connectivity index (χ0) is 23.4. The standard InChI is InChI=1S/C24H17BrCl3N3O2/c25-20-13-31(12-15-4-6-18(26)7-5-15)30-23(20)29-24(32)17-3-1-2-16(10-17)14-33-22-9-8-19(27)11-21(22)28/h1-11,13H,12,14H2,(H,29,30,32). The van der Waals surface area contributed by atoms with Crippen LogP contribution in [0.15, 0.2) is 77.4 Å². The summed E-state index contributed by atoms with van der Waals surface area (Å²) in [6.45, 7) is 0.799. The van der Waals surface area contributed by atoms with Crippen molar-refractivity contribution in [3.63, 3.8) is 0 Å². The maximum Gasteiger partial charge on any atom is 0.256 e. The summed E-state index contributed by atoms with van der Waals surface area (Å²) in [4.78, 5) is 12.8. The second-order valence-electron chi connectivity index (χ2n) is 7.17. The van der Waals surface area contributed by atoms with Crippen LogP contribution in [0.4, 0.5) is 5.82 Å². The van der Waals surface area contributed by atoms with Gasteiger partial charge >= 0.3 is 0 Å². The zero-order valence-corrected chi connectivity index (χ0v) is 20.9. The molecule has 168 valence electrons. The average molecular weight is 566 g/mol. The van der Waals surface area contributed by atoms with Gasteiger partial charge in [0.1, 0.15) is 12.4 Å². The molecule has 33 heavy (non-hydrogen) atoms. The molecule has 0 spiro atoms. The predicted octanol–water partition coefficient (Wildman–Crippen LogP) is 7.49. The lowest BCUT2D eigenvalue weighted by molar-refractivity contribution is 0.102. The number of anilines is 1. The van der Waals surface area contributed by atoms with Gasteiger partial charge in [-0.1, -0.05) is 59.1 Å². The molecule has 0 fully saturated rings. The molecule has 1 amide bonds. The van der Waals surface area contributed by atoms with Gasteiger partial charge < -0.3 is 10.1 Å². The van der Waals surface area contributed by atoms with Crippen molar-refractivity contribution >= 4 is 62.5 Å². The minimum atomic E-state index is -0.279. The van der Waals surface area contributed by atoms with Gasteiger partial charge in [-0.3, -0.25) is 9.48 Å². The number of hydrogen-bond donors (Lipinski definition) is 1. The highest BCUT2D eigenvalue weighted by atomic mass is 79.9. The van der Waals surface area contributed by atoms with Crippen molar-refractivity contribution in [2.24, 2.45) is 0 Å². The molecule has 0 bridgehead atoms. The summed E-state index contributed by atoms with van der Waals surface area (Å²) in [5.41, 5.74) is 2.35. The first-order chi connectivity index (χ1) is 15.9. The van der Waals surface area contributed by atoms with Crippen LogP contribution in [0, 0.1) is 0 Å². The molecule has 0 saturated heterocycles. The van der Waals surface area contributed by atoms with E-state index in [2.05, 4.69) is 26.3 Å². The van der Waals surface area contributed by atoms with Crippen LogP contribution in [0.3, 0.4) is 0 Å². The fraction of sp³-hybridized carbons (Fsp3) is 0.0833. The molecule has 0 aliphatic rings. The smallest absolute Gasteiger partial charge is 0.256 e. The summed E-state index contributed by atoms with van der Waals surface area (Å²) in [5.74, 6) is 0.674. The summed E-state index contributed by atoms with van der Waals surface area (Å²) in [7, 11) is 0. The molecule has 0 atom stereocenters. The van der Waals surface area contributed by atoms with Crippen molar-refractivity contribution in [3.8, 4) is 5.75 Å². The predicted molar refractivity (Wildman–Crippen MR) is 136 cm³/mol. The van der Waals surface area contributed by atoms with E-state index in [0.29, 0.717) is 43.2 Å². The molecule has 4 aromatic rings. The van der Waals surface area contributed by atoms with Gasteiger partial charge in [-0.25, -0.2) is 0 Å². The zero-order valence-electron chi connectivity index (χ0n) is 17.1. The third-order valence-corrected chi connectivity index (χ3v) is 6.05. The Kier molecular flexibility index (Phi) is 7.60. The minimum Gasteiger partial charge on any atom is -0.487 e. The Morgan fingerprint density at radius 2 is 1.73 bits per heavy atom. The number of ether oxygens (including phenoxy) is 1. The average Bonchev–Trinajstić information content (AvgIpc) is 3.13. The van der Waals surface area contributed by atoms with Crippen molar-refractivity contribution in [2.45, 2.75) is 13.2 Å². The van der Waals surface area contributed by atoms with E-state index in [4.69, 9.17) is 39.5 Å². The molecular formula is C24H17BrCl3N3O2. The molecule has 4 rings (SSSR count). The van der Waals surface area contributed by atoms with E-state index in [1.54, 1.807) is 41.1 Å². The Bertz CT molecular complexity index is 1290. The Labute approximate surface area is 214 Å². The molecular weight excluding hydrogens is 549 g/mol. The van der Waals surface area contributed by atoms with Crippen LogP contribution in [0.1, 0.15) is 21.5 Å². The van der Waals surface area contributed by atoms with Crippen LogP contribution >= 0.6 is 50.7 Å². The Balaban J connectivity index is 1.41. The number of aromatic nitrogens is 2. The first-order valence-electron chi connectivity index (χ1n) is 9.83. The van der Waals surface area contributed by atoms with Crippen LogP contribution in [-0.2, 0) is 13.2 Å². The summed E-state index contributed by atoms with van der Waals surface area (Å²) < 4.78 is 8.18. The van der Waals surface area contributed by atoms with Gasteiger partial charge in [0.15, 0.2) is 5.82 Å². The molecule has 0 saturated carbocycles. The van der Waals surface area contributed by atoms with Gasteiger partial charge in [0.05, 0.1) is 16.0 Å². The van der Waals surface area contributed by atoms with Crippen LogP contribution in [-0.4, -0.2) is 15.7 Å². The number of hydrogen-bond acceptors (Lipinski definition) is 3. The second-order valence-corrected chi connectivity index (χ2v) is 9.30. The summed E-state index contributed by atoms with van der Waals surface area (Å²) in [6, 6.07) is 19.7. The lowest BCUT2D eigenvalue weighted by Gasteiger charge is -2.09. The van der Waals surface area contributed by atoms with Crippen LogP contribution < -0.4 is 10.1 Å². The number of benzene rings is 3. The number of rotatable bonds is 7. The van der Waals surface area contributed by atoms with Gasteiger partial charge in [0.2, 0.25) is 0 Å². The number of nitrogens with one attached hydrogen (secondary N) is 1. The summed E-state index contributed by atoms with van der Waals surface area (Å²) >= 11 is 21.5. The molecule has 1 heterocycles. The van der Waals surface area contributed by atoms with E-state index in [-0.39, 0.29) is 12.5 Å². The van der Waals surface area contributed by atoms with Crippen molar-refractivity contribution in [2.75, 3.05) is 5.32 Å². The number of carbonyl (C=O) groups is 1. The van der Waals surface area contributed by atoms with Gasteiger partial charge in [0, 0.05) is 21.8 Å². The number of carbonyl (C=O) groups excluding carboxylic acids is 1. The normalized spacial score (nSPS) is 10.8. The second kappa shape index (κ2) is 10.6. The molecule has 3 aromatic carbocycles. The third-order valence-electron chi connectivity index (χ3n) is 4.68. The maximum atomic E-state index is 12.8. The Hall–Kier alpha value is -2.51. The van der Waals surface area contributed by atoms with E-state index in [1.807, 2.05) is 36.5 Å². The van der Waals surface area contributed by atoms with Crippen molar-refractivity contribution in [1.82, 2.24) is 9.78 Å². The van der Waals surface area contributed by atoms with Crippen LogP contribution in [0.25, 0.3) is 0 Å². The fourth-order valence-electron chi connectivity index (χ4n) is 3.08. The monoisotopic (exact) mass is 563 g/mol. The van der Waals surface area contributed by atoms with Gasteiger partial charge in [-0.2, -0.15) is 5.10 Å². The van der Waals surface area contributed by atoms with Crippen molar-refractivity contribution in [3.05, 3.63) is 109 Å². The van der Waals surface area contributed by atoms with Crippen molar-refractivity contribution < 1.29 is 9.53 Å². The number of nitrogens with zero attached hydrogens (tertiary/aromatic N) is 2. The van der Waals surface area contributed by atoms with E-state index in [9.17, 15) is 4.79 Å². The third kappa shape index (κ3) is 6.30. The molecule has 9 heteroatoms. The molecule has 1 N–H and O–H groups in total. The van der Waals surface area contributed by atoms with Gasteiger partial charge in [0.25, 0.3) is 5.91 Å². The maximum absolute atomic E-state index is 12.8. The van der Waals surface area contributed by atoms with Crippen LogP contribution in [0.2, 0.25) is 15.1 Å². The summed E-state index contributed by atoms with van der Waals surface area (Å²) in [5, 5.41) is 8.94. The number of halogens is 4. The summed E-state index contributed by atoms with van der Waals surface area (Å²) in [6.07, 6.45) is 1.81. The minimum absolute atomic E-state index is 0.252. The van der Waals surface area contributed by atoms with E-state index in [0.717, 1.165) is 11.1 Å². The topological polar surface area (TPSA) is 56.2 Å². The highest BCUT2D eigenvalue weighted by Crippen LogP contribution is 2.28. The lowest BCUT2D eigenvalue weighted by atomic mass is 10.1. The largest absolute Gasteiger partial charge is 0.487 e. The van der Waals surface area contributed by atoms with Gasteiger partial charge in [-0.15, -0.1) is 0 Å². The van der Waals surface area contributed by atoms with E-state index in [1.165, 1.54) is 0 Å². The van der Waals surface area contributed by atoms with Crippen LogP contribution in [0.5, 0.6) is 5.75 Å². The number of amides is 1. The molecule has 0 radical (unpaired) electrons. The first-order valence-corrected chi connectivity index (χ1v) is 11.8. The molecule has 1 aromatic heterocycles. The quantitative estimate of drug-likeness (QED) is 0.253. The van der Waals surface area contributed by atoms with E-state index < -0.39 is 0 Å². The van der Waals surface area contributed by atoms with Crippen molar-refractivity contribution in [1.29, 1.82) is 0 Å². The lowest BCUT2D eigenvalue weighted by Crippen LogP contribution is -2.13. The Morgan fingerprint density at radius 1 is 0.970 bits per heavy atom. The molecule has 0 aliphatic carbocycles. The highest BCUT2D eigenvalue weighted by molar-refractivity contribution is 9.10. The Morgan fingerprint density at radius 3 is 2.48 bits per heavy atom. The SMILES string of the molecule is O=C(Nc1nn(Cc2ccc(Cl)cc2)cc1Br)c1cccc(COc2ccc(Cl)cc2Cl)c1. The molecule has 0 aliphatic heterocycles. The molecule has 0 unspecified atom stereocenters. The highest BCUT2D eigenvalue weighted by Gasteiger charge is 2.13.